The van der Waals surface area contributed by atoms with Gasteiger partial charge in [0, 0.05) is 11.6 Å². The molecule has 0 saturated carbocycles. The third-order valence-corrected chi connectivity index (χ3v) is 3.69. The van der Waals surface area contributed by atoms with E-state index < -0.39 is 0 Å². The fourth-order valence-corrected chi connectivity index (χ4v) is 2.44. The first kappa shape index (κ1) is 16.2. The van der Waals surface area contributed by atoms with E-state index in [2.05, 4.69) is 21.2 Å². The van der Waals surface area contributed by atoms with Gasteiger partial charge in [0.25, 0.3) is 5.91 Å². The predicted molar refractivity (Wildman–Crippen MR) is 88.2 cm³/mol. The molecule has 2 aromatic carbocycles. The number of anilines is 1. The van der Waals surface area contributed by atoms with E-state index in [1.165, 1.54) is 7.11 Å². The number of hydrogen-bond acceptors (Lipinski definition) is 4. The van der Waals surface area contributed by atoms with Gasteiger partial charge >= 0.3 is 0 Å². The largest absolute Gasteiger partial charge is 0.497 e. The average Bonchev–Trinajstić information content (AvgIpc) is 2.55. The van der Waals surface area contributed by atoms with Crippen molar-refractivity contribution in [3.8, 4) is 17.2 Å². The molecule has 2 aromatic rings. The molecule has 1 amide bonds. The lowest BCUT2D eigenvalue weighted by atomic mass is 10.2. The number of carbonyl (C=O) groups excluding carboxylic acids is 1. The molecule has 0 spiro atoms. The summed E-state index contributed by atoms with van der Waals surface area (Å²) in [6.07, 6.45) is 0. The first-order chi connectivity index (χ1) is 10.6. The van der Waals surface area contributed by atoms with Crippen LogP contribution in [-0.4, -0.2) is 27.2 Å². The number of ether oxygens (including phenoxy) is 3. The lowest BCUT2D eigenvalue weighted by Crippen LogP contribution is -2.12. The predicted octanol–water partition coefficient (Wildman–Crippen LogP) is 3.73. The van der Waals surface area contributed by atoms with Gasteiger partial charge in [0.05, 0.1) is 31.5 Å². The van der Waals surface area contributed by atoms with Crippen LogP contribution in [0.5, 0.6) is 17.2 Å². The Hall–Kier alpha value is -2.21. The zero-order valence-electron chi connectivity index (χ0n) is 12.5. The molecule has 5 nitrogen and oxygen atoms in total. The van der Waals surface area contributed by atoms with Gasteiger partial charge < -0.3 is 19.5 Å². The highest BCUT2D eigenvalue weighted by Crippen LogP contribution is 2.30. The lowest BCUT2D eigenvalue weighted by molar-refractivity contribution is 0.102. The Morgan fingerprint density at radius 1 is 0.955 bits per heavy atom. The average molecular weight is 366 g/mol. The number of hydrogen-bond donors (Lipinski definition) is 1. The van der Waals surface area contributed by atoms with Crippen LogP contribution < -0.4 is 19.5 Å². The minimum Gasteiger partial charge on any atom is -0.497 e. The van der Waals surface area contributed by atoms with Crippen molar-refractivity contribution in [2.45, 2.75) is 0 Å². The molecule has 0 unspecified atom stereocenters. The quantitative estimate of drug-likeness (QED) is 0.876. The van der Waals surface area contributed by atoms with Gasteiger partial charge in [-0.1, -0.05) is 0 Å². The Morgan fingerprint density at radius 2 is 1.68 bits per heavy atom. The maximum Gasteiger partial charge on any atom is 0.255 e. The van der Waals surface area contributed by atoms with Crippen LogP contribution >= 0.6 is 15.9 Å². The van der Waals surface area contributed by atoms with Crippen molar-refractivity contribution in [2.75, 3.05) is 26.6 Å². The van der Waals surface area contributed by atoms with Gasteiger partial charge in [-0.05, 0) is 46.3 Å². The van der Waals surface area contributed by atoms with Crippen LogP contribution in [0.25, 0.3) is 0 Å². The van der Waals surface area contributed by atoms with Crippen molar-refractivity contribution in [2.24, 2.45) is 0 Å². The van der Waals surface area contributed by atoms with E-state index in [0.29, 0.717) is 33.0 Å². The minimum absolute atomic E-state index is 0.244. The fraction of sp³-hybridized carbons (Fsp3) is 0.188. The van der Waals surface area contributed by atoms with E-state index in [1.807, 2.05) is 0 Å². The Kier molecular flexibility index (Phi) is 5.27. The second-order valence-corrected chi connectivity index (χ2v) is 5.22. The van der Waals surface area contributed by atoms with E-state index in [0.717, 1.165) is 0 Å². The van der Waals surface area contributed by atoms with Crippen molar-refractivity contribution in [1.82, 2.24) is 0 Å². The number of carbonyl (C=O) groups is 1. The normalized spacial score (nSPS) is 10.0. The summed E-state index contributed by atoms with van der Waals surface area (Å²) in [5.41, 5.74) is 1.07. The van der Waals surface area contributed by atoms with Gasteiger partial charge in [0.1, 0.15) is 17.2 Å². The number of methoxy groups -OCH3 is 3. The first-order valence-corrected chi connectivity index (χ1v) is 7.25. The molecule has 116 valence electrons. The number of amides is 1. The number of halogens is 1. The highest BCUT2D eigenvalue weighted by molar-refractivity contribution is 9.10. The molecule has 0 bridgehead atoms. The topological polar surface area (TPSA) is 56.8 Å². The van der Waals surface area contributed by atoms with Crippen molar-refractivity contribution in [1.29, 1.82) is 0 Å². The van der Waals surface area contributed by atoms with Crippen molar-refractivity contribution >= 4 is 27.5 Å². The van der Waals surface area contributed by atoms with Gasteiger partial charge in [-0.25, -0.2) is 0 Å². The highest BCUT2D eigenvalue weighted by atomic mass is 79.9. The molecule has 0 atom stereocenters. The fourth-order valence-electron chi connectivity index (χ4n) is 1.90. The summed E-state index contributed by atoms with van der Waals surface area (Å²) in [7, 11) is 4.68. The van der Waals surface area contributed by atoms with Gasteiger partial charge in [-0.2, -0.15) is 0 Å². The molecule has 0 aliphatic heterocycles. The van der Waals surface area contributed by atoms with Gasteiger partial charge in [-0.15, -0.1) is 0 Å². The SMILES string of the molecule is COc1ccc(NC(=O)c2ccc(OC)c(Br)c2)c(OC)c1. The molecule has 0 aliphatic rings. The maximum atomic E-state index is 12.3. The van der Waals surface area contributed by atoms with Crippen molar-refractivity contribution in [3.63, 3.8) is 0 Å². The van der Waals surface area contributed by atoms with Crippen LogP contribution in [0.2, 0.25) is 0 Å². The molecule has 0 fully saturated rings. The molecule has 0 aromatic heterocycles. The van der Waals surface area contributed by atoms with Crippen LogP contribution in [0.3, 0.4) is 0 Å². The van der Waals surface area contributed by atoms with E-state index in [-0.39, 0.29) is 5.91 Å². The zero-order valence-corrected chi connectivity index (χ0v) is 14.1. The van der Waals surface area contributed by atoms with E-state index in [1.54, 1.807) is 50.6 Å². The first-order valence-electron chi connectivity index (χ1n) is 6.46. The highest BCUT2D eigenvalue weighted by Gasteiger charge is 2.12. The summed E-state index contributed by atoms with van der Waals surface area (Å²) in [5.74, 6) is 1.60. The molecule has 0 radical (unpaired) electrons. The van der Waals surface area contributed by atoms with Crippen LogP contribution in [0.15, 0.2) is 40.9 Å². The monoisotopic (exact) mass is 365 g/mol. The molecular formula is C16H16BrNO4. The van der Waals surface area contributed by atoms with Gasteiger partial charge in [0.2, 0.25) is 0 Å². The summed E-state index contributed by atoms with van der Waals surface area (Å²) in [6.45, 7) is 0. The summed E-state index contributed by atoms with van der Waals surface area (Å²) >= 11 is 3.36. The Labute approximate surface area is 137 Å². The summed E-state index contributed by atoms with van der Waals surface area (Å²) in [4.78, 5) is 12.3. The Balaban J connectivity index is 2.23. The second kappa shape index (κ2) is 7.17. The molecule has 0 saturated heterocycles. The summed E-state index contributed by atoms with van der Waals surface area (Å²) < 4.78 is 16.3. The van der Waals surface area contributed by atoms with Crippen molar-refractivity contribution in [3.05, 3.63) is 46.4 Å². The van der Waals surface area contributed by atoms with Crippen LogP contribution in [0.1, 0.15) is 10.4 Å². The summed E-state index contributed by atoms with van der Waals surface area (Å²) in [5, 5.41) is 2.81. The van der Waals surface area contributed by atoms with Gasteiger partial charge in [0.15, 0.2) is 0 Å². The number of nitrogens with one attached hydrogen (secondary N) is 1. The zero-order chi connectivity index (χ0) is 16.1. The Bertz CT molecular complexity index is 688. The van der Waals surface area contributed by atoms with Crippen LogP contribution in [-0.2, 0) is 0 Å². The van der Waals surface area contributed by atoms with Crippen molar-refractivity contribution < 1.29 is 19.0 Å². The minimum atomic E-state index is -0.244. The smallest absolute Gasteiger partial charge is 0.255 e. The van der Waals surface area contributed by atoms with Gasteiger partial charge in [-0.3, -0.25) is 4.79 Å². The second-order valence-electron chi connectivity index (χ2n) is 4.37. The van der Waals surface area contributed by atoms with E-state index >= 15 is 0 Å². The Morgan fingerprint density at radius 3 is 2.27 bits per heavy atom. The molecule has 2 rings (SSSR count). The lowest BCUT2D eigenvalue weighted by Gasteiger charge is -2.12. The molecule has 0 aliphatic carbocycles. The molecule has 0 heterocycles. The standard InChI is InChI=1S/C16H16BrNO4/c1-20-11-5-6-13(15(9-11)22-3)18-16(19)10-4-7-14(21-2)12(17)8-10/h4-9H,1-3H3,(H,18,19). The third-order valence-electron chi connectivity index (χ3n) is 3.07. The molecule has 6 heteroatoms. The summed E-state index contributed by atoms with van der Waals surface area (Å²) in [6, 6.07) is 10.3. The van der Waals surface area contributed by atoms with Crippen LogP contribution in [0.4, 0.5) is 5.69 Å². The molecular weight excluding hydrogens is 350 g/mol. The van der Waals surface area contributed by atoms with E-state index in [9.17, 15) is 4.79 Å². The molecule has 22 heavy (non-hydrogen) atoms. The van der Waals surface area contributed by atoms with E-state index in [4.69, 9.17) is 14.2 Å². The third kappa shape index (κ3) is 3.51. The maximum absolute atomic E-state index is 12.3. The number of benzene rings is 2. The number of rotatable bonds is 5. The van der Waals surface area contributed by atoms with Crippen LogP contribution in [0, 0.1) is 0 Å². The molecule has 1 N–H and O–H groups in total.